The van der Waals surface area contributed by atoms with Crippen molar-refractivity contribution in [2.24, 2.45) is 0 Å². The van der Waals surface area contributed by atoms with Crippen LogP contribution in [-0.4, -0.2) is 0 Å². The number of benzene rings is 13. The van der Waals surface area contributed by atoms with Crippen molar-refractivity contribution in [1.82, 2.24) is 0 Å². The highest BCUT2D eigenvalue weighted by molar-refractivity contribution is 7.26. The molecule has 72 heavy (non-hydrogen) atoms. The molecule has 14 aromatic rings. The zero-order valence-corrected chi connectivity index (χ0v) is 40.2. The van der Waals surface area contributed by atoms with Crippen LogP contribution in [0.25, 0.3) is 119 Å². The average Bonchev–Trinajstić information content (AvgIpc) is 3.85. The largest absolute Gasteiger partial charge is 0.310 e. The number of anilines is 3. The van der Waals surface area contributed by atoms with Gasteiger partial charge in [0.1, 0.15) is 0 Å². The van der Waals surface area contributed by atoms with E-state index in [1.54, 1.807) is 0 Å². The molecular weight excluding hydrogens is 887 g/mol. The average molecular weight is 932 g/mol. The van der Waals surface area contributed by atoms with Crippen LogP contribution < -0.4 is 4.90 Å². The molecule has 0 radical (unpaired) electrons. The third kappa shape index (κ3) is 6.99. The summed E-state index contributed by atoms with van der Waals surface area (Å²) < 4.78 is 2.63. The summed E-state index contributed by atoms with van der Waals surface area (Å²) >= 11 is 1.88. The first kappa shape index (κ1) is 41.9. The molecule has 0 aliphatic carbocycles. The summed E-state index contributed by atoms with van der Waals surface area (Å²) in [6.45, 7) is 0. The maximum atomic E-state index is 2.44. The summed E-state index contributed by atoms with van der Waals surface area (Å²) in [4.78, 5) is 2.44. The van der Waals surface area contributed by atoms with Crippen LogP contribution in [0.3, 0.4) is 0 Å². The topological polar surface area (TPSA) is 3.24 Å². The van der Waals surface area contributed by atoms with E-state index in [1.165, 1.54) is 108 Å². The Balaban J connectivity index is 0.955. The van der Waals surface area contributed by atoms with Gasteiger partial charge in [0, 0.05) is 37.1 Å². The first-order valence-corrected chi connectivity index (χ1v) is 25.6. The molecule has 14 rings (SSSR count). The van der Waals surface area contributed by atoms with E-state index < -0.39 is 0 Å². The van der Waals surface area contributed by atoms with Crippen molar-refractivity contribution in [2.45, 2.75) is 0 Å². The van der Waals surface area contributed by atoms with Crippen LogP contribution in [0.4, 0.5) is 17.1 Å². The lowest BCUT2D eigenvalue weighted by atomic mass is 9.84. The third-order valence-corrected chi connectivity index (χ3v) is 15.9. The molecule has 0 bridgehead atoms. The number of hydrogen-bond acceptors (Lipinski definition) is 2. The zero-order valence-electron chi connectivity index (χ0n) is 39.3. The molecule has 336 valence electrons. The Morgan fingerprint density at radius 3 is 1.47 bits per heavy atom. The van der Waals surface area contributed by atoms with Crippen molar-refractivity contribution in [1.29, 1.82) is 0 Å². The van der Waals surface area contributed by atoms with E-state index in [4.69, 9.17) is 0 Å². The predicted octanol–water partition coefficient (Wildman–Crippen LogP) is 20.5. The van der Waals surface area contributed by atoms with Gasteiger partial charge in [0.05, 0.1) is 5.69 Å². The smallest absolute Gasteiger partial charge is 0.0540 e. The molecule has 13 aromatic carbocycles. The molecule has 0 spiro atoms. The first-order valence-electron chi connectivity index (χ1n) is 24.7. The summed E-state index contributed by atoms with van der Waals surface area (Å²) in [7, 11) is 0. The Morgan fingerprint density at radius 1 is 0.250 bits per heavy atom. The fourth-order valence-electron chi connectivity index (χ4n) is 11.4. The molecular formula is C70H45NS. The number of hydrogen-bond donors (Lipinski definition) is 0. The normalized spacial score (nSPS) is 11.6. The van der Waals surface area contributed by atoms with Crippen molar-refractivity contribution in [3.8, 4) is 55.6 Å². The molecule has 0 fully saturated rings. The molecule has 1 aromatic heterocycles. The van der Waals surface area contributed by atoms with Crippen LogP contribution in [0.5, 0.6) is 0 Å². The van der Waals surface area contributed by atoms with E-state index in [2.05, 4.69) is 278 Å². The van der Waals surface area contributed by atoms with Gasteiger partial charge in [-0.1, -0.05) is 231 Å². The van der Waals surface area contributed by atoms with Gasteiger partial charge < -0.3 is 4.90 Å². The molecule has 0 amide bonds. The van der Waals surface area contributed by atoms with E-state index in [0.29, 0.717) is 0 Å². The van der Waals surface area contributed by atoms with Gasteiger partial charge in [0.2, 0.25) is 0 Å². The Kier molecular flexibility index (Phi) is 10.1. The molecule has 0 saturated carbocycles. The zero-order chi connectivity index (χ0) is 47.5. The summed E-state index contributed by atoms with van der Waals surface area (Å²) in [6.07, 6.45) is 0. The van der Waals surface area contributed by atoms with Gasteiger partial charge in [0.15, 0.2) is 0 Å². The van der Waals surface area contributed by atoms with Crippen LogP contribution in [0.15, 0.2) is 273 Å². The molecule has 0 aliphatic rings. The van der Waals surface area contributed by atoms with Gasteiger partial charge in [-0.2, -0.15) is 0 Å². The van der Waals surface area contributed by atoms with Crippen LogP contribution in [-0.2, 0) is 0 Å². The van der Waals surface area contributed by atoms with Crippen LogP contribution in [0.1, 0.15) is 0 Å². The number of rotatable bonds is 8. The summed E-state index contributed by atoms with van der Waals surface area (Å²) in [5.74, 6) is 0. The lowest BCUT2D eigenvalue weighted by Gasteiger charge is -2.28. The Bertz CT molecular complexity index is 4360. The van der Waals surface area contributed by atoms with Crippen LogP contribution >= 0.6 is 11.3 Å². The van der Waals surface area contributed by atoms with Crippen LogP contribution in [0, 0.1) is 0 Å². The van der Waals surface area contributed by atoms with Gasteiger partial charge in [-0.3, -0.25) is 0 Å². The number of para-hydroxylation sites is 1. The summed E-state index contributed by atoms with van der Waals surface area (Å²) in [5.41, 5.74) is 15.3. The minimum absolute atomic E-state index is 1.08. The second-order valence-electron chi connectivity index (χ2n) is 18.7. The maximum Gasteiger partial charge on any atom is 0.0540 e. The van der Waals surface area contributed by atoms with E-state index in [9.17, 15) is 0 Å². The second kappa shape index (κ2) is 17.4. The number of fused-ring (bicyclic) bond motifs is 9. The van der Waals surface area contributed by atoms with Gasteiger partial charge in [-0.25, -0.2) is 0 Å². The van der Waals surface area contributed by atoms with Gasteiger partial charge in [-0.05, 0) is 136 Å². The monoisotopic (exact) mass is 931 g/mol. The van der Waals surface area contributed by atoms with Gasteiger partial charge in [-0.15, -0.1) is 11.3 Å². The number of thiophene rings is 1. The second-order valence-corrected chi connectivity index (χ2v) is 19.8. The lowest BCUT2D eigenvalue weighted by molar-refractivity contribution is 1.28. The Hall–Kier alpha value is -9.08. The molecule has 0 aliphatic heterocycles. The molecule has 0 saturated heterocycles. The SMILES string of the molecule is c1ccc(-c2c(-c3ccccc3)c3cc(-c4ccccc4N(c4ccc(-c5cccc6c5ccc5ccccc56)cc4)c4ccc(-c5cccc6c5sc5ccccc56)cc4)ccc3c3ccccc23)cc1. The third-order valence-electron chi connectivity index (χ3n) is 14.7. The minimum atomic E-state index is 1.08. The van der Waals surface area contributed by atoms with Gasteiger partial charge in [0.25, 0.3) is 0 Å². The molecule has 2 heteroatoms. The van der Waals surface area contributed by atoms with Crippen LogP contribution in [0.2, 0.25) is 0 Å². The predicted molar refractivity (Wildman–Crippen MR) is 311 cm³/mol. The fraction of sp³-hybridized carbons (Fsp3) is 0. The maximum absolute atomic E-state index is 2.44. The highest BCUT2D eigenvalue weighted by Crippen LogP contribution is 2.48. The standard InChI is InChI=1S/C70H45NS/c1-3-18-49(19-4-1)68-63-26-10-9-24-59(63)61-44-38-51(45-65(61)69(68)50-20-5-2-6-21-50)56-23-11-13-31-66(56)71(53-41-35-48(36-42-53)57-28-16-30-64-62-25-12-14-32-67(62)72-70(57)64)52-39-33-47(34-40-52)55-27-15-29-58-54-22-8-7-17-46(54)37-43-60(55)58/h1-45H. The molecule has 1 nitrogen and oxygen atoms in total. The van der Waals surface area contributed by atoms with E-state index >= 15 is 0 Å². The Morgan fingerprint density at radius 2 is 0.736 bits per heavy atom. The van der Waals surface area contributed by atoms with Crippen molar-refractivity contribution >= 4 is 91.7 Å². The first-order chi connectivity index (χ1) is 35.7. The highest BCUT2D eigenvalue weighted by atomic mass is 32.1. The molecule has 0 atom stereocenters. The molecule has 0 N–H and O–H groups in total. The Labute approximate surface area is 422 Å². The highest BCUT2D eigenvalue weighted by Gasteiger charge is 2.22. The van der Waals surface area contributed by atoms with E-state index in [-0.39, 0.29) is 0 Å². The fourth-order valence-corrected chi connectivity index (χ4v) is 12.6. The molecule has 0 unspecified atom stereocenters. The minimum Gasteiger partial charge on any atom is -0.310 e. The number of nitrogens with zero attached hydrogens (tertiary/aromatic N) is 1. The van der Waals surface area contributed by atoms with E-state index in [0.717, 1.165) is 28.2 Å². The quantitative estimate of drug-likeness (QED) is 0.137. The van der Waals surface area contributed by atoms with E-state index in [1.807, 2.05) is 11.3 Å². The van der Waals surface area contributed by atoms with Crippen molar-refractivity contribution < 1.29 is 0 Å². The summed E-state index contributed by atoms with van der Waals surface area (Å²) in [5, 5.41) is 12.6. The van der Waals surface area contributed by atoms with Crippen molar-refractivity contribution in [3.05, 3.63) is 273 Å². The summed E-state index contributed by atoms with van der Waals surface area (Å²) in [6, 6.07) is 101. The lowest BCUT2D eigenvalue weighted by Crippen LogP contribution is -2.11. The van der Waals surface area contributed by atoms with Gasteiger partial charge >= 0.3 is 0 Å². The molecule has 1 heterocycles. The van der Waals surface area contributed by atoms with Crippen molar-refractivity contribution in [3.63, 3.8) is 0 Å². The van der Waals surface area contributed by atoms with Crippen molar-refractivity contribution in [2.75, 3.05) is 4.90 Å².